The van der Waals surface area contributed by atoms with Gasteiger partial charge in [-0.1, -0.05) is 17.7 Å². The van der Waals surface area contributed by atoms with Crippen molar-refractivity contribution in [1.82, 2.24) is 39.8 Å². The Morgan fingerprint density at radius 2 is 1.80 bits per heavy atom. The summed E-state index contributed by atoms with van der Waals surface area (Å²) in [6.07, 6.45) is -4.64. The number of anilines is 1. The number of carbonyl (C=O) groups excluding carboxylic acids is 1. The zero-order valence-corrected chi connectivity index (χ0v) is 30.2. The van der Waals surface area contributed by atoms with E-state index in [1.54, 1.807) is 19.1 Å². The lowest BCUT2D eigenvalue weighted by molar-refractivity contribution is -0.142. The van der Waals surface area contributed by atoms with Gasteiger partial charge in [0.15, 0.2) is 17.2 Å². The number of carbonyl (C=O) groups is 1. The summed E-state index contributed by atoms with van der Waals surface area (Å²) in [5, 5.41) is 10.7. The van der Waals surface area contributed by atoms with Gasteiger partial charge >= 0.3 is 6.18 Å². The number of imidazole rings is 1. The number of sulfonamides is 1. The number of aromatic nitrogens is 7. The molecule has 3 N–H and O–H groups in total. The van der Waals surface area contributed by atoms with Crippen LogP contribution in [0.1, 0.15) is 52.4 Å². The summed E-state index contributed by atoms with van der Waals surface area (Å²) in [5.74, 6) is -8.66. The van der Waals surface area contributed by atoms with Gasteiger partial charge < -0.3 is 10.3 Å². The molecule has 4 heterocycles. The molecule has 0 radical (unpaired) electrons. The van der Waals surface area contributed by atoms with Crippen molar-refractivity contribution < 1.29 is 43.9 Å². The maximum Gasteiger partial charge on any atom is 0.435 e. The number of pyridine rings is 1. The standard InChI is InChI=1S/C34H27ClF7N9O3S/c1-13-43-23-11-18(17-4-5-21(35)26-28(17)50(2)48-32(26)49-55(3,53)54)27(46-31(23)44-13)22(8-14-6-15(36)9-16(37)7-14)45-24(52)12-51-30-25(29(47-51)34(40,41)42)19-10-20(19)33(30,38)39/h4-7,9,11,19-20,22H,8,10,12H2,1-3H3,(H,45,52)(H,48,49)(H,43,44,46)/t19-,20+,22-/m0/s1. The van der Waals surface area contributed by atoms with Crippen LogP contribution in [0, 0.1) is 24.5 Å². The molecular weight excluding hydrogens is 783 g/mol. The molecule has 288 valence electrons. The van der Waals surface area contributed by atoms with Crippen molar-refractivity contribution >= 4 is 55.4 Å². The molecule has 4 aromatic heterocycles. The highest BCUT2D eigenvalue weighted by Gasteiger charge is 2.68. The minimum atomic E-state index is -5.06. The highest BCUT2D eigenvalue weighted by molar-refractivity contribution is 7.92. The number of halogens is 8. The average molecular weight is 810 g/mol. The first-order valence-electron chi connectivity index (χ1n) is 16.5. The number of hydrogen-bond acceptors (Lipinski definition) is 7. The third-order valence-corrected chi connectivity index (χ3v) is 10.5. The van der Waals surface area contributed by atoms with Crippen LogP contribution in [0.15, 0.2) is 36.4 Å². The fourth-order valence-electron chi connectivity index (χ4n) is 7.55. The van der Waals surface area contributed by atoms with Crippen LogP contribution in [0.5, 0.6) is 0 Å². The van der Waals surface area contributed by atoms with Crippen LogP contribution in [0.3, 0.4) is 0 Å². The molecule has 0 unspecified atom stereocenters. The Kier molecular flexibility index (Phi) is 8.27. The molecule has 6 aromatic rings. The first kappa shape index (κ1) is 36.7. The lowest BCUT2D eigenvalue weighted by Gasteiger charge is -2.23. The van der Waals surface area contributed by atoms with E-state index in [-0.39, 0.29) is 51.5 Å². The first-order chi connectivity index (χ1) is 25.7. The molecule has 1 amide bonds. The van der Waals surface area contributed by atoms with Crippen molar-refractivity contribution in [2.24, 2.45) is 13.0 Å². The Hall–Kier alpha value is -5.24. The van der Waals surface area contributed by atoms with Crippen molar-refractivity contribution in [3.05, 3.63) is 87.1 Å². The summed E-state index contributed by atoms with van der Waals surface area (Å²) in [4.78, 5) is 26.0. The molecule has 3 atom stereocenters. The quantitative estimate of drug-likeness (QED) is 0.138. The molecule has 0 aliphatic heterocycles. The number of rotatable bonds is 9. The van der Waals surface area contributed by atoms with Gasteiger partial charge in [-0.15, -0.1) is 0 Å². The number of H-pyrrole nitrogens is 1. The van der Waals surface area contributed by atoms with Crippen LogP contribution < -0.4 is 10.0 Å². The summed E-state index contributed by atoms with van der Waals surface area (Å²) in [6.45, 7) is 0.589. The van der Waals surface area contributed by atoms with E-state index in [9.17, 15) is 35.2 Å². The van der Waals surface area contributed by atoms with E-state index in [1.807, 2.05) is 0 Å². The summed E-state index contributed by atoms with van der Waals surface area (Å²) in [6, 6.07) is 5.97. The second-order valence-electron chi connectivity index (χ2n) is 13.7. The molecule has 2 aromatic carbocycles. The number of aromatic amines is 1. The molecule has 0 saturated heterocycles. The van der Waals surface area contributed by atoms with Gasteiger partial charge in [0, 0.05) is 35.7 Å². The molecule has 2 aliphatic rings. The number of hydrogen-bond donors (Lipinski definition) is 3. The van der Waals surface area contributed by atoms with Crippen LogP contribution in [-0.2, 0) is 46.9 Å². The van der Waals surface area contributed by atoms with E-state index < -0.39 is 81.0 Å². The molecule has 1 saturated carbocycles. The number of amides is 1. The number of benzene rings is 2. The smallest absolute Gasteiger partial charge is 0.346 e. The predicted molar refractivity (Wildman–Crippen MR) is 185 cm³/mol. The van der Waals surface area contributed by atoms with Crippen LogP contribution in [-0.4, -0.2) is 55.1 Å². The lowest BCUT2D eigenvalue weighted by atomic mass is 9.94. The molecule has 2 aliphatic carbocycles. The lowest BCUT2D eigenvalue weighted by Crippen LogP contribution is -2.35. The van der Waals surface area contributed by atoms with Gasteiger partial charge in [0.25, 0.3) is 5.92 Å². The fourth-order valence-corrected chi connectivity index (χ4v) is 8.29. The van der Waals surface area contributed by atoms with Crippen LogP contribution >= 0.6 is 11.6 Å². The topological polar surface area (TPSA) is 152 Å². The minimum Gasteiger partial charge on any atom is -0.346 e. The maximum atomic E-state index is 15.3. The number of alkyl halides is 5. The van der Waals surface area contributed by atoms with Gasteiger partial charge in [0.2, 0.25) is 15.9 Å². The average Bonchev–Trinajstić information content (AvgIpc) is 3.36. The molecule has 1 fully saturated rings. The molecule has 21 heteroatoms. The highest BCUT2D eigenvalue weighted by Crippen LogP contribution is 2.68. The SMILES string of the molecule is Cc1nc2nc([C@H](Cc3cc(F)cc(F)c3)NC(=O)Cn3nc(C(F)(F)F)c4c3C(F)(F)[C@@H]3C[C@H]43)c(-c3ccc(Cl)c4c(NS(C)(=O)=O)nn(C)c34)cc2[nH]1. The van der Waals surface area contributed by atoms with Gasteiger partial charge in [0.1, 0.15) is 29.7 Å². The third kappa shape index (κ3) is 6.43. The second-order valence-corrected chi connectivity index (χ2v) is 15.9. The maximum absolute atomic E-state index is 15.3. The van der Waals surface area contributed by atoms with E-state index in [4.69, 9.17) is 16.6 Å². The number of nitrogens with one attached hydrogen (secondary N) is 3. The second kappa shape index (κ2) is 12.4. The van der Waals surface area contributed by atoms with E-state index in [0.717, 1.165) is 18.4 Å². The van der Waals surface area contributed by atoms with Crippen molar-refractivity contribution in [3.8, 4) is 11.1 Å². The summed E-state index contributed by atoms with van der Waals surface area (Å²) >= 11 is 6.57. The van der Waals surface area contributed by atoms with Crippen molar-refractivity contribution in [1.29, 1.82) is 0 Å². The molecule has 8 rings (SSSR count). The van der Waals surface area contributed by atoms with Crippen molar-refractivity contribution in [2.75, 3.05) is 11.0 Å². The van der Waals surface area contributed by atoms with Gasteiger partial charge in [0.05, 0.1) is 39.4 Å². The number of fused-ring (bicyclic) bond motifs is 5. The molecular formula is C34H27ClF7N9O3S. The van der Waals surface area contributed by atoms with Crippen molar-refractivity contribution in [3.63, 3.8) is 0 Å². The Labute approximate surface area is 311 Å². The molecule has 0 spiro atoms. The molecule has 12 nitrogen and oxygen atoms in total. The number of aryl methyl sites for hydroxylation is 2. The molecule has 55 heavy (non-hydrogen) atoms. The molecule has 0 bridgehead atoms. The van der Waals surface area contributed by atoms with Crippen LogP contribution in [0.2, 0.25) is 5.02 Å². The Balaban J connectivity index is 1.28. The minimum absolute atomic E-state index is 0.0289. The van der Waals surface area contributed by atoms with Gasteiger partial charge in [-0.25, -0.2) is 27.2 Å². The van der Waals surface area contributed by atoms with E-state index in [0.29, 0.717) is 33.2 Å². The largest absolute Gasteiger partial charge is 0.435 e. The van der Waals surface area contributed by atoms with Crippen LogP contribution in [0.4, 0.5) is 36.6 Å². The number of nitrogens with zero attached hydrogens (tertiary/aromatic N) is 6. The normalized spacial score (nSPS) is 18.1. The summed E-state index contributed by atoms with van der Waals surface area (Å²) in [5.41, 5.74) is -1.57. The zero-order valence-electron chi connectivity index (χ0n) is 28.7. The summed E-state index contributed by atoms with van der Waals surface area (Å²) < 4.78 is 130. The van der Waals surface area contributed by atoms with Gasteiger partial charge in [-0.3, -0.25) is 18.9 Å². The van der Waals surface area contributed by atoms with Gasteiger partial charge in [-0.05, 0) is 55.5 Å². The van der Waals surface area contributed by atoms with E-state index in [1.165, 1.54) is 17.8 Å². The Bertz CT molecular complexity index is 2690. The first-order valence-corrected chi connectivity index (χ1v) is 18.8. The van der Waals surface area contributed by atoms with Crippen molar-refractivity contribution in [2.45, 2.75) is 50.4 Å². The van der Waals surface area contributed by atoms with Crippen LogP contribution in [0.25, 0.3) is 33.2 Å². The fraction of sp³-hybridized carbons (Fsp3) is 0.324. The van der Waals surface area contributed by atoms with E-state index in [2.05, 4.69) is 30.2 Å². The predicted octanol–water partition coefficient (Wildman–Crippen LogP) is 6.65. The monoisotopic (exact) mass is 809 g/mol. The third-order valence-electron chi connectivity index (χ3n) is 9.65. The Morgan fingerprint density at radius 1 is 1.09 bits per heavy atom. The van der Waals surface area contributed by atoms with Gasteiger partial charge in [-0.2, -0.15) is 32.1 Å². The summed E-state index contributed by atoms with van der Waals surface area (Å²) in [7, 11) is -2.31. The van der Waals surface area contributed by atoms with E-state index >= 15 is 8.78 Å². The Morgan fingerprint density at radius 3 is 2.47 bits per heavy atom. The zero-order chi connectivity index (χ0) is 39.5. The highest BCUT2D eigenvalue weighted by atomic mass is 35.5.